The van der Waals surface area contributed by atoms with Gasteiger partial charge in [0, 0.05) is 45.4 Å². The largest absolute Gasteiger partial charge is 0.440 e. The molecule has 0 radical (unpaired) electrons. The predicted molar refractivity (Wildman–Crippen MR) is 122 cm³/mol. The van der Waals surface area contributed by atoms with Crippen LogP contribution in [0.2, 0.25) is 0 Å². The van der Waals surface area contributed by atoms with Gasteiger partial charge in [0.2, 0.25) is 0 Å². The van der Waals surface area contributed by atoms with Gasteiger partial charge in [-0.15, -0.1) is 0 Å². The third kappa shape index (κ3) is 4.72. The van der Waals surface area contributed by atoms with Crippen molar-refractivity contribution in [2.75, 3.05) is 57.2 Å². The van der Waals surface area contributed by atoms with Crippen LogP contribution in [0.15, 0.2) is 39.5 Å². The lowest BCUT2D eigenvalue weighted by atomic mass is 10.0. The maximum Gasteiger partial charge on any atom is 0.253 e. The Bertz CT molecular complexity index is 1290. The van der Waals surface area contributed by atoms with Gasteiger partial charge in [-0.2, -0.15) is 0 Å². The third-order valence-corrected chi connectivity index (χ3v) is 5.61. The number of carbonyl (C=O) groups excluding carboxylic acids is 1. The maximum absolute atomic E-state index is 14.0. The van der Waals surface area contributed by atoms with Crippen LogP contribution in [0.25, 0.3) is 11.0 Å². The summed E-state index contributed by atoms with van der Waals surface area (Å²) in [6, 6.07) is 6.00. The van der Waals surface area contributed by atoms with Gasteiger partial charge in [0.05, 0.1) is 18.6 Å². The highest BCUT2D eigenvalue weighted by Crippen LogP contribution is 2.26. The smallest absolute Gasteiger partial charge is 0.253 e. The predicted octanol–water partition coefficient (Wildman–Crippen LogP) is 3.40. The molecular weight excluding hydrogens is 451 g/mol. The number of halogens is 3. The molecule has 2 aromatic carbocycles. The molecule has 1 saturated heterocycles. The average molecular weight is 475 g/mol. The fourth-order valence-electron chi connectivity index (χ4n) is 3.83. The van der Waals surface area contributed by atoms with E-state index in [1.807, 2.05) is 4.90 Å². The standard InChI is InChI=1S/C24H24F3N3O4/c1-29(2)24(32)15-11-14(5-6-28-22-18(26)4-3-17(25)21(22)27)23-16(12-15)19(31)13-20(34-23)30-7-9-33-10-8-30/h3-4,11-13,28H,5-10H2,1-2H3. The maximum atomic E-state index is 14.0. The molecule has 1 aliphatic rings. The van der Waals surface area contributed by atoms with Gasteiger partial charge in [-0.25, -0.2) is 13.2 Å². The lowest BCUT2D eigenvalue weighted by Gasteiger charge is -2.27. The molecule has 1 fully saturated rings. The summed E-state index contributed by atoms with van der Waals surface area (Å²) in [5, 5.41) is 2.79. The fourth-order valence-corrected chi connectivity index (χ4v) is 3.83. The zero-order chi connectivity index (χ0) is 24.4. The number of amides is 1. The van der Waals surface area contributed by atoms with Crippen molar-refractivity contribution in [1.29, 1.82) is 0 Å². The molecule has 1 aromatic heterocycles. The molecule has 0 unspecified atom stereocenters. The lowest BCUT2D eigenvalue weighted by molar-refractivity contribution is 0.0827. The number of morpholine rings is 1. The Balaban J connectivity index is 1.72. The summed E-state index contributed by atoms with van der Waals surface area (Å²) in [7, 11) is 3.18. The first-order chi connectivity index (χ1) is 16.3. The second-order valence-electron chi connectivity index (χ2n) is 8.15. The number of ether oxygens (including phenoxy) is 1. The fraction of sp³-hybridized carbons (Fsp3) is 0.333. The Hall–Kier alpha value is -3.53. The van der Waals surface area contributed by atoms with Crippen molar-refractivity contribution in [3.63, 3.8) is 0 Å². The van der Waals surface area contributed by atoms with E-state index in [9.17, 15) is 22.8 Å². The molecule has 0 saturated carbocycles. The second kappa shape index (κ2) is 9.76. The minimum absolute atomic E-state index is 0.00249. The van der Waals surface area contributed by atoms with Crippen molar-refractivity contribution in [2.45, 2.75) is 6.42 Å². The normalized spacial score (nSPS) is 13.9. The molecule has 4 rings (SSSR count). The van der Waals surface area contributed by atoms with Crippen molar-refractivity contribution >= 4 is 28.4 Å². The SMILES string of the molecule is CN(C)C(=O)c1cc(CCNc2c(F)ccc(F)c2F)c2oc(N3CCOCC3)cc(=O)c2c1. The summed E-state index contributed by atoms with van der Waals surface area (Å²) in [4.78, 5) is 28.8. The molecule has 1 amide bonds. The van der Waals surface area contributed by atoms with Crippen LogP contribution >= 0.6 is 0 Å². The van der Waals surface area contributed by atoms with E-state index in [1.54, 1.807) is 20.2 Å². The molecule has 3 aromatic rings. The number of hydrogen-bond acceptors (Lipinski definition) is 6. The zero-order valence-corrected chi connectivity index (χ0v) is 18.8. The van der Waals surface area contributed by atoms with E-state index in [0.717, 1.165) is 6.07 Å². The number of fused-ring (bicyclic) bond motifs is 1. The van der Waals surface area contributed by atoms with Crippen LogP contribution in [0, 0.1) is 17.5 Å². The van der Waals surface area contributed by atoms with Gasteiger partial charge >= 0.3 is 0 Å². The Labute approximate surface area is 193 Å². The molecule has 7 nitrogen and oxygen atoms in total. The number of nitrogens with one attached hydrogen (secondary N) is 1. The highest BCUT2D eigenvalue weighted by molar-refractivity contribution is 5.98. The quantitative estimate of drug-likeness (QED) is 0.551. The second-order valence-corrected chi connectivity index (χ2v) is 8.15. The van der Waals surface area contributed by atoms with Crippen LogP contribution in [0.5, 0.6) is 0 Å². The van der Waals surface area contributed by atoms with E-state index in [2.05, 4.69) is 5.32 Å². The van der Waals surface area contributed by atoms with E-state index in [1.165, 1.54) is 17.0 Å². The Kier molecular flexibility index (Phi) is 6.78. The molecular formula is C24H24F3N3O4. The Morgan fingerprint density at radius 1 is 1.09 bits per heavy atom. The summed E-state index contributed by atoms with van der Waals surface area (Å²) < 4.78 is 52.9. The highest BCUT2D eigenvalue weighted by Gasteiger charge is 2.20. The van der Waals surface area contributed by atoms with E-state index in [4.69, 9.17) is 9.15 Å². The molecule has 1 aliphatic heterocycles. The van der Waals surface area contributed by atoms with Crippen molar-refractivity contribution < 1.29 is 27.1 Å². The molecule has 0 aliphatic carbocycles. The van der Waals surface area contributed by atoms with Gasteiger partial charge in [-0.3, -0.25) is 9.59 Å². The van der Waals surface area contributed by atoms with Crippen LogP contribution in [0.1, 0.15) is 15.9 Å². The molecule has 0 bridgehead atoms. The minimum Gasteiger partial charge on any atom is -0.440 e. The third-order valence-electron chi connectivity index (χ3n) is 5.61. The summed E-state index contributed by atoms with van der Waals surface area (Å²) in [6.45, 7) is 2.11. The average Bonchev–Trinajstić information content (AvgIpc) is 2.83. The van der Waals surface area contributed by atoms with Gasteiger partial charge in [-0.05, 0) is 36.2 Å². The van der Waals surface area contributed by atoms with Gasteiger partial charge < -0.3 is 24.3 Å². The van der Waals surface area contributed by atoms with Crippen LogP contribution in [-0.2, 0) is 11.2 Å². The van der Waals surface area contributed by atoms with Crippen LogP contribution in [0.4, 0.5) is 24.7 Å². The minimum atomic E-state index is -1.32. The monoisotopic (exact) mass is 475 g/mol. The summed E-state index contributed by atoms with van der Waals surface area (Å²) in [6.07, 6.45) is 0.149. The molecule has 0 atom stereocenters. The molecule has 180 valence electrons. The van der Waals surface area contributed by atoms with E-state index < -0.39 is 23.1 Å². The van der Waals surface area contributed by atoms with Crippen LogP contribution < -0.4 is 15.6 Å². The van der Waals surface area contributed by atoms with Crippen molar-refractivity contribution in [3.05, 3.63) is 69.1 Å². The van der Waals surface area contributed by atoms with Gasteiger partial charge in [0.1, 0.15) is 17.1 Å². The van der Waals surface area contributed by atoms with Crippen LogP contribution in [0.3, 0.4) is 0 Å². The summed E-state index contributed by atoms with van der Waals surface area (Å²) in [5.74, 6) is -3.35. The molecule has 34 heavy (non-hydrogen) atoms. The number of anilines is 2. The molecule has 10 heteroatoms. The molecule has 1 N–H and O–H groups in total. The Morgan fingerprint density at radius 2 is 1.79 bits per heavy atom. The summed E-state index contributed by atoms with van der Waals surface area (Å²) >= 11 is 0. The molecule has 0 spiro atoms. The van der Waals surface area contributed by atoms with Crippen molar-refractivity contribution in [1.82, 2.24) is 4.90 Å². The number of nitrogens with zero attached hydrogens (tertiary/aromatic N) is 2. The first-order valence-corrected chi connectivity index (χ1v) is 10.8. The van der Waals surface area contributed by atoms with Crippen molar-refractivity contribution in [3.8, 4) is 0 Å². The van der Waals surface area contributed by atoms with Gasteiger partial charge in [0.25, 0.3) is 5.91 Å². The number of carbonyl (C=O) groups is 1. The van der Waals surface area contributed by atoms with E-state index in [0.29, 0.717) is 43.8 Å². The van der Waals surface area contributed by atoms with E-state index >= 15 is 0 Å². The number of rotatable bonds is 6. The Morgan fingerprint density at radius 3 is 2.50 bits per heavy atom. The van der Waals surface area contributed by atoms with E-state index in [-0.39, 0.29) is 40.8 Å². The van der Waals surface area contributed by atoms with Crippen LogP contribution in [-0.4, -0.2) is 57.8 Å². The van der Waals surface area contributed by atoms with Gasteiger partial charge in [-0.1, -0.05) is 0 Å². The number of hydrogen-bond donors (Lipinski definition) is 1. The zero-order valence-electron chi connectivity index (χ0n) is 18.8. The highest BCUT2D eigenvalue weighted by atomic mass is 19.2. The first kappa shape index (κ1) is 23.6. The topological polar surface area (TPSA) is 75.0 Å². The summed E-state index contributed by atoms with van der Waals surface area (Å²) in [5.41, 5.74) is 0.167. The number of benzene rings is 2. The molecule has 2 heterocycles. The first-order valence-electron chi connectivity index (χ1n) is 10.8. The lowest BCUT2D eigenvalue weighted by Crippen LogP contribution is -2.36. The van der Waals surface area contributed by atoms with Gasteiger partial charge in [0.15, 0.2) is 22.9 Å². The van der Waals surface area contributed by atoms with Crippen molar-refractivity contribution in [2.24, 2.45) is 0 Å².